The first-order valence-electron chi connectivity index (χ1n) is 7.23. The molecule has 0 saturated carbocycles. The number of hydrogen-bond acceptors (Lipinski definition) is 4. The van der Waals surface area contributed by atoms with Crippen molar-refractivity contribution in [2.24, 2.45) is 0 Å². The smallest absolute Gasteiger partial charge is 0.195 e. The second kappa shape index (κ2) is 6.63. The molecule has 0 spiro atoms. The first-order valence-corrected chi connectivity index (χ1v) is 8.46. The van der Waals surface area contributed by atoms with Gasteiger partial charge >= 0.3 is 0 Å². The number of rotatable bonds is 6. The van der Waals surface area contributed by atoms with E-state index in [1.54, 1.807) is 11.3 Å². The van der Waals surface area contributed by atoms with Crippen molar-refractivity contribution in [2.45, 2.75) is 59.4 Å². The molecular formula is C14H22N4S2. The largest absolute Gasteiger partial charge is 0.299 e. The van der Waals surface area contributed by atoms with Gasteiger partial charge in [0.05, 0.1) is 15.6 Å². The van der Waals surface area contributed by atoms with Crippen molar-refractivity contribution in [3.05, 3.63) is 15.5 Å². The van der Waals surface area contributed by atoms with Gasteiger partial charge in [-0.25, -0.2) is 4.98 Å². The summed E-state index contributed by atoms with van der Waals surface area (Å²) in [6.07, 6.45) is 3.22. The van der Waals surface area contributed by atoms with E-state index in [1.807, 2.05) is 0 Å². The Kier molecular flexibility index (Phi) is 5.10. The lowest BCUT2D eigenvalue weighted by atomic mass is 10.1. The Hall–Kier alpha value is -1.01. The molecule has 0 amide bonds. The summed E-state index contributed by atoms with van der Waals surface area (Å²) in [5.41, 5.74) is 1.14. The zero-order valence-corrected chi connectivity index (χ0v) is 14.2. The Morgan fingerprint density at radius 2 is 2.10 bits per heavy atom. The van der Waals surface area contributed by atoms with E-state index in [0.717, 1.165) is 37.3 Å². The van der Waals surface area contributed by atoms with Crippen molar-refractivity contribution in [3.63, 3.8) is 0 Å². The number of aryl methyl sites for hydroxylation is 1. The Balaban J connectivity index is 2.50. The van der Waals surface area contributed by atoms with Crippen LogP contribution in [0.5, 0.6) is 0 Å². The maximum absolute atomic E-state index is 5.36. The lowest BCUT2D eigenvalue weighted by Crippen LogP contribution is -2.02. The van der Waals surface area contributed by atoms with Crippen molar-refractivity contribution < 1.29 is 0 Å². The molecule has 0 aliphatic rings. The molecule has 0 saturated heterocycles. The summed E-state index contributed by atoms with van der Waals surface area (Å²) in [7, 11) is 0. The van der Waals surface area contributed by atoms with Gasteiger partial charge < -0.3 is 0 Å². The van der Waals surface area contributed by atoms with Gasteiger partial charge in [0.15, 0.2) is 10.6 Å². The number of aromatic amines is 1. The summed E-state index contributed by atoms with van der Waals surface area (Å²) >= 11 is 7.10. The predicted molar refractivity (Wildman–Crippen MR) is 86.9 cm³/mol. The normalized spacial score (nSPS) is 11.4. The third-order valence-electron chi connectivity index (χ3n) is 3.24. The Labute approximate surface area is 129 Å². The van der Waals surface area contributed by atoms with Crippen molar-refractivity contribution in [1.82, 2.24) is 19.7 Å². The SMILES string of the molecule is CCCCn1c(-c2sc(CC)nc2C(C)C)n[nH]c1=S. The van der Waals surface area contributed by atoms with Crippen LogP contribution in [0.15, 0.2) is 0 Å². The summed E-state index contributed by atoms with van der Waals surface area (Å²) < 4.78 is 2.81. The lowest BCUT2D eigenvalue weighted by molar-refractivity contribution is 0.628. The number of aromatic nitrogens is 4. The zero-order chi connectivity index (χ0) is 14.7. The Bertz CT molecular complexity index is 621. The number of thiazole rings is 1. The van der Waals surface area contributed by atoms with Crippen LogP contribution in [0.4, 0.5) is 0 Å². The van der Waals surface area contributed by atoms with Crippen LogP contribution < -0.4 is 0 Å². The van der Waals surface area contributed by atoms with Crippen LogP contribution in [0.3, 0.4) is 0 Å². The fourth-order valence-corrected chi connectivity index (χ4v) is 3.48. The monoisotopic (exact) mass is 310 g/mol. The van der Waals surface area contributed by atoms with Crippen LogP contribution in [-0.4, -0.2) is 19.7 Å². The standard InChI is InChI=1S/C14H22N4S2/c1-5-7-8-18-13(16-17-14(18)19)12-11(9(3)4)15-10(6-2)20-12/h9H,5-8H2,1-4H3,(H,17,19). The minimum atomic E-state index is 0.395. The topological polar surface area (TPSA) is 46.5 Å². The first-order chi connectivity index (χ1) is 9.58. The van der Waals surface area contributed by atoms with Crippen molar-refractivity contribution in [3.8, 4) is 10.7 Å². The van der Waals surface area contributed by atoms with Crippen molar-refractivity contribution in [2.75, 3.05) is 0 Å². The molecule has 2 aromatic heterocycles. The number of nitrogens with zero attached hydrogens (tertiary/aromatic N) is 3. The molecule has 0 radical (unpaired) electrons. The molecular weight excluding hydrogens is 288 g/mol. The van der Waals surface area contributed by atoms with Gasteiger partial charge in [0, 0.05) is 6.54 Å². The van der Waals surface area contributed by atoms with Crippen LogP contribution >= 0.6 is 23.6 Å². The molecule has 2 heterocycles. The van der Waals surface area contributed by atoms with Crippen LogP contribution in [0.25, 0.3) is 10.7 Å². The summed E-state index contributed by atoms with van der Waals surface area (Å²) in [4.78, 5) is 5.92. The highest BCUT2D eigenvalue weighted by atomic mass is 32.1. The molecule has 2 rings (SSSR count). The average Bonchev–Trinajstić information content (AvgIpc) is 3.00. The molecule has 0 atom stereocenters. The second-order valence-corrected chi connectivity index (χ2v) is 6.66. The van der Waals surface area contributed by atoms with Gasteiger partial charge in [0.2, 0.25) is 0 Å². The molecule has 0 fully saturated rings. The van der Waals surface area contributed by atoms with Crippen LogP contribution in [-0.2, 0) is 13.0 Å². The lowest BCUT2D eigenvalue weighted by Gasteiger charge is -2.07. The van der Waals surface area contributed by atoms with E-state index in [0.29, 0.717) is 10.7 Å². The second-order valence-electron chi connectivity index (χ2n) is 5.19. The van der Waals surface area contributed by atoms with Gasteiger partial charge in [0.25, 0.3) is 0 Å². The number of unbranched alkanes of at least 4 members (excludes halogenated alkanes) is 1. The minimum absolute atomic E-state index is 0.395. The van der Waals surface area contributed by atoms with Crippen LogP contribution in [0.2, 0.25) is 0 Å². The van der Waals surface area contributed by atoms with Crippen molar-refractivity contribution in [1.29, 1.82) is 0 Å². The number of H-pyrrole nitrogens is 1. The average molecular weight is 310 g/mol. The van der Waals surface area contributed by atoms with Gasteiger partial charge in [-0.3, -0.25) is 9.67 Å². The fourth-order valence-electron chi connectivity index (χ4n) is 2.10. The molecule has 0 bridgehead atoms. The van der Waals surface area contributed by atoms with Gasteiger partial charge in [-0.2, -0.15) is 5.10 Å². The number of nitrogens with one attached hydrogen (secondary N) is 1. The summed E-state index contributed by atoms with van der Waals surface area (Å²) in [5, 5.41) is 8.54. The van der Waals surface area contributed by atoms with Gasteiger partial charge in [-0.1, -0.05) is 34.1 Å². The molecule has 110 valence electrons. The summed E-state index contributed by atoms with van der Waals surface area (Å²) in [6.45, 7) is 9.59. The van der Waals surface area contributed by atoms with E-state index in [1.165, 1.54) is 9.88 Å². The molecule has 0 aromatic carbocycles. The summed E-state index contributed by atoms with van der Waals surface area (Å²) in [5.74, 6) is 1.34. The molecule has 0 aliphatic carbocycles. The highest BCUT2D eigenvalue weighted by molar-refractivity contribution is 7.71. The van der Waals surface area contributed by atoms with Crippen molar-refractivity contribution >= 4 is 23.6 Å². The van der Waals surface area contributed by atoms with E-state index >= 15 is 0 Å². The quantitative estimate of drug-likeness (QED) is 0.796. The van der Waals surface area contributed by atoms with Gasteiger partial charge in [-0.05, 0) is 31.0 Å². The first kappa shape index (κ1) is 15.4. The third-order valence-corrected chi connectivity index (χ3v) is 4.77. The predicted octanol–water partition coefficient (Wildman–Crippen LogP) is 4.55. The highest BCUT2D eigenvalue weighted by Gasteiger charge is 2.19. The maximum atomic E-state index is 5.36. The molecule has 2 aromatic rings. The molecule has 1 N–H and O–H groups in total. The van der Waals surface area contributed by atoms with Gasteiger partial charge in [-0.15, -0.1) is 11.3 Å². The third kappa shape index (κ3) is 3.01. The Morgan fingerprint density at radius 3 is 2.70 bits per heavy atom. The van der Waals surface area contributed by atoms with E-state index in [-0.39, 0.29) is 0 Å². The molecule has 4 nitrogen and oxygen atoms in total. The molecule has 6 heteroatoms. The van der Waals surface area contributed by atoms with Crippen LogP contribution in [0, 0.1) is 4.77 Å². The minimum Gasteiger partial charge on any atom is -0.299 e. The fraction of sp³-hybridized carbons (Fsp3) is 0.643. The maximum Gasteiger partial charge on any atom is 0.195 e. The van der Waals surface area contributed by atoms with Crippen LogP contribution in [0.1, 0.15) is 57.2 Å². The summed E-state index contributed by atoms with van der Waals surface area (Å²) in [6, 6.07) is 0. The molecule has 0 unspecified atom stereocenters. The molecule has 0 aliphatic heterocycles. The molecule has 20 heavy (non-hydrogen) atoms. The van der Waals surface area contributed by atoms with E-state index in [2.05, 4.69) is 42.5 Å². The van der Waals surface area contributed by atoms with Gasteiger partial charge in [0.1, 0.15) is 0 Å². The highest BCUT2D eigenvalue weighted by Crippen LogP contribution is 2.33. The van der Waals surface area contributed by atoms with E-state index in [9.17, 15) is 0 Å². The van der Waals surface area contributed by atoms with E-state index in [4.69, 9.17) is 17.2 Å². The zero-order valence-electron chi connectivity index (χ0n) is 12.6. The van der Waals surface area contributed by atoms with E-state index < -0.39 is 0 Å². The Morgan fingerprint density at radius 1 is 1.35 bits per heavy atom. The number of hydrogen-bond donors (Lipinski definition) is 1.